The van der Waals surface area contributed by atoms with Gasteiger partial charge in [0, 0.05) is 25.7 Å². The number of aliphatic imine (C=N–C) groups is 1. The van der Waals surface area contributed by atoms with Crippen molar-refractivity contribution in [3.8, 4) is 0 Å². The van der Waals surface area contributed by atoms with Crippen LogP contribution >= 0.6 is 0 Å². The predicted molar refractivity (Wildman–Crippen MR) is 81.3 cm³/mol. The minimum absolute atomic E-state index is 0.753. The van der Waals surface area contributed by atoms with E-state index < -0.39 is 0 Å². The molecule has 0 aromatic carbocycles. The number of hydrogen-bond acceptors (Lipinski definition) is 2. The monoisotopic (exact) mass is 266 g/mol. The standard InChI is InChI=1S/C15H30N4/c1-13-6-5-10-19(12-13)15(16)17-9-11-18(2)14-7-3-4-8-14/h13-14H,3-12H2,1-2H3,(H2,16,17). The lowest BCUT2D eigenvalue weighted by atomic mass is 10.0. The third kappa shape index (κ3) is 4.37. The second-order valence-electron chi connectivity index (χ2n) is 6.35. The van der Waals surface area contributed by atoms with Crippen molar-refractivity contribution >= 4 is 5.96 Å². The van der Waals surface area contributed by atoms with Gasteiger partial charge in [-0.1, -0.05) is 19.8 Å². The molecule has 19 heavy (non-hydrogen) atoms. The molecular formula is C15H30N4. The van der Waals surface area contributed by atoms with Crippen LogP contribution in [0.25, 0.3) is 0 Å². The Morgan fingerprint density at radius 3 is 2.68 bits per heavy atom. The zero-order chi connectivity index (χ0) is 13.7. The van der Waals surface area contributed by atoms with Gasteiger partial charge >= 0.3 is 0 Å². The van der Waals surface area contributed by atoms with E-state index in [-0.39, 0.29) is 0 Å². The number of likely N-dealkylation sites (tertiary alicyclic amines) is 1. The van der Waals surface area contributed by atoms with Gasteiger partial charge in [-0.25, -0.2) is 0 Å². The van der Waals surface area contributed by atoms with Gasteiger partial charge in [-0.05, 0) is 38.6 Å². The molecule has 2 aliphatic rings. The van der Waals surface area contributed by atoms with E-state index in [9.17, 15) is 0 Å². The van der Waals surface area contributed by atoms with Crippen LogP contribution in [-0.4, -0.2) is 55.0 Å². The summed E-state index contributed by atoms with van der Waals surface area (Å²) in [5.74, 6) is 1.51. The van der Waals surface area contributed by atoms with Crippen LogP contribution < -0.4 is 5.73 Å². The highest BCUT2D eigenvalue weighted by molar-refractivity contribution is 5.78. The highest BCUT2D eigenvalue weighted by Crippen LogP contribution is 2.22. The van der Waals surface area contributed by atoms with Crippen molar-refractivity contribution in [2.45, 2.75) is 51.5 Å². The molecule has 0 aromatic heterocycles. The fraction of sp³-hybridized carbons (Fsp3) is 0.933. The molecule has 1 heterocycles. The Bertz CT molecular complexity index is 297. The molecule has 0 aromatic rings. The van der Waals surface area contributed by atoms with Crippen LogP contribution in [0, 0.1) is 5.92 Å². The summed E-state index contributed by atoms with van der Waals surface area (Å²) in [4.78, 5) is 9.29. The van der Waals surface area contributed by atoms with Gasteiger partial charge in [-0.15, -0.1) is 0 Å². The lowest BCUT2D eigenvalue weighted by Crippen LogP contribution is -2.44. The van der Waals surface area contributed by atoms with Crippen molar-refractivity contribution in [3.63, 3.8) is 0 Å². The first-order chi connectivity index (χ1) is 9.16. The van der Waals surface area contributed by atoms with E-state index in [4.69, 9.17) is 5.73 Å². The van der Waals surface area contributed by atoms with E-state index >= 15 is 0 Å². The highest BCUT2D eigenvalue weighted by atomic mass is 15.3. The summed E-state index contributed by atoms with van der Waals surface area (Å²) < 4.78 is 0. The van der Waals surface area contributed by atoms with Crippen LogP contribution in [0.2, 0.25) is 0 Å². The van der Waals surface area contributed by atoms with E-state index in [0.717, 1.165) is 44.1 Å². The Balaban J connectivity index is 1.71. The van der Waals surface area contributed by atoms with Crippen molar-refractivity contribution in [2.75, 3.05) is 33.2 Å². The lowest BCUT2D eigenvalue weighted by molar-refractivity contribution is 0.250. The zero-order valence-corrected chi connectivity index (χ0v) is 12.6. The topological polar surface area (TPSA) is 44.9 Å². The molecule has 0 spiro atoms. The smallest absolute Gasteiger partial charge is 0.191 e. The normalized spacial score (nSPS) is 26.4. The van der Waals surface area contributed by atoms with Gasteiger partial charge in [0.05, 0.1) is 6.54 Å². The molecular weight excluding hydrogens is 236 g/mol. The van der Waals surface area contributed by atoms with Crippen molar-refractivity contribution in [1.82, 2.24) is 9.80 Å². The maximum Gasteiger partial charge on any atom is 0.191 e. The van der Waals surface area contributed by atoms with Crippen molar-refractivity contribution < 1.29 is 0 Å². The van der Waals surface area contributed by atoms with Crippen molar-refractivity contribution in [2.24, 2.45) is 16.6 Å². The molecule has 110 valence electrons. The van der Waals surface area contributed by atoms with E-state index in [1.54, 1.807) is 0 Å². The summed E-state index contributed by atoms with van der Waals surface area (Å²) in [7, 11) is 2.23. The van der Waals surface area contributed by atoms with Crippen LogP contribution in [0.5, 0.6) is 0 Å². The fourth-order valence-electron chi connectivity index (χ4n) is 3.35. The molecule has 1 saturated carbocycles. The number of hydrogen-bond donors (Lipinski definition) is 1. The molecule has 1 atom stereocenters. The second-order valence-corrected chi connectivity index (χ2v) is 6.35. The third-order valence-corrected chi connectivity index (χ3v) is 4.66. The Morgan fingerprint density at radius 1 is 1.26 bits per heavy atom. The molecule has 0 radical (unpaired) electrons. The first kappa shape index (κ1) is 14.6. The Labute approximate surface area is 118 Å². The Hall–Kier alpha value is -0.770. The quantitative estimate of drug-likeness (QED) is 0.624. The molecule has 1 aliphatic heterocycles. The largest absolute Gasteiger partial charge is 0.370 e. The molecule has 1 unspecified atom stereocenters. The highest BCUT2D eigenvalue weighted by Gasteiger charge is 2.19. The SMILES string of the molecule is CC1CCCN(C(N)=NCCN(C)C2CCCC2)C1. The van der Waals surface area contributed by atoms with Crippen LogP contribution in [0.3, 0.4) is 0 Å². The van der Waals surface area contributed by atoms with Gasteiger partial charge in [0.1, 0.15) is 0 Å². The van der Waals surface area contributed by atoms with Crippen LogP contribution in [-0.2, 0) is 0 Å². The average Bonchev–Trinajstić information content (AvgIpc) is 2.92. The first-order valence-electron chi connectivity index (χ1n) is 7.92. The average molecular weight is 266 g/mol. The van der Waals surface area contributed by atoms with Gasteiger partial charge in [0.2, 0.25) is 0 Å². The summed E-state index contributed by atoms with van der Waals surface area (Å²) in [6.45, 7) is 6.33. The van der Waals surface area contributed by atoms with Gasteiger partial charge < -0.3 is 15.5 Å². The predicted octanol–water partition coefficient (Wildman–Crippen LogP) is 1.91. The summed E-state index contributed by atoms with van der Waals surface area (Å²) in [5, 5.41) is 0. The molecule has 4 nitrogen and oxygen atoms in total. The van der Waals surface area contributed by atoms with Gasteiger partial charge in [0.15, 0.2) is 5.96 Å². The van der Waals surface area contributed by atoms with Gasteiger partial charge in [-0.2, -0.15) is 0 Å². The van der Waals surface area contributed by atoms with E-state index in [1.807, 2.05) is 0 Å². The van der Waals surface area contributed by atoms with Crippen molar-refractivity contribution in [1.29, 1.82) is 0 Å². The number of likely N-dealkylation sites (N-methyl/N-ethyl adjacent to an activating group) is 1. The van der Waals surface area contributed by atoms with E-state index in [0.29, 0.717) is 0 Å². The molecule has 0 amide bonds. The number of piperidine rings is 1. The molecule has 4 heteroatoms. The maximum atomic E-state index is 6.11. The third-order valence-electron chi connectivity index (χ3n) is 4.66. The zero-order valence-electron chi connectivity index (χ0n) is 12.6. The molecule has 2 fully saturated rings. The van der Waals surface area contributed by atoms with Gasteiger partial charge in [-0.3, -0.25) is 4.99 Å². The molecule has 2 N–H and O–H groups in total. The summed E-state index contributed by atoms with van der Waals surface area (Å²) in [6, 6.07) is 0.784. The molecule has 0 bridgehead atoms. The van der Waals surface area contributed by atoms with Crippen molar-refractivity contribution in [3.05, 3.63) is 0 Å². The van der Waals surface area contributed by atoms with Crippen LogP contribution in [0.4, 0.5) is 0 Å². The van der Waals surface area contributed by atoms with Crippen LogP contribution in [0.15, 0.2) is 4.99 Å². The minimum Gasteiger partial charge on any atom is -0.370 e. The number of rotatable bonds is 4. The minimum atomic E-state index is 0.753. The fourth-order valence-corrected chi connectivity index (χ4v) is 3.35. The Morgan fingerprint density at radius 2 is 2.00 bits per heavy atom. The van der Waals surface area contributed by atoms with E-state index in [2.05, 4.69) is 28.8 Å². The van der Waals surface area contributed by atoms with Crippen LogP contribution in [0.1, 0.15) is 45.4 Å². The molecule has 1 saturated heterocycles. The lowest BCUT2D eigenvalue weighted by Gasteiger charge is -2.31. The van der Waals surface area contributed by atoms with E-state index in [1.165, 1.54) is 38.5 Å². The maximum absolute atomic E-state index is 6.11. The summed E-state index contributed by atoms with van der Waals surface area (Å²) >= 11 is 0. The number of nitrogens with zero attached hydrogens (tertiary/aromatic N) is 3. The van der Waals surface area contributed by atoms with Gasteiger partial charge in [0.25, 0.3) is 0 Å². The number of guanidine groups is 1. The first-order valence-corrected chi connectivity index (χ1v) is 7.92. The summed E-state index contributed by atoms with van der Waals surface area (Å²) in [6.07, 6.45) is 8.09. The molecule has 1 aliphatic carbocycles. The second kappa shape index (κ2) is 7.13. The molecule has 2 rings (SSSR count). The summed E-state index contributed by atoms with van der Waals surface area (Å²) in [5.41, 5.74) is 6.11. The Kier molecular flexibility index (Phi) is 5.49. The number of nitrogens with two attached hydrogens (primary N) is 1.